The van der Waals surface area contributed by atoms with Crippen molar-refractivity contribution in [1.82, 2.24) is 15.3 Å². The van der Waals surface area contributed by atoms with Gasteiger partial charge in [0.15, 0.2) is 0 Å². The average molecular weight is 289 g/mol. The van der Waals surface area contributed by atoms with Gasteiger partial charge in [-0.2, -0.15) is 0 Å². The van der Waals surface area contributed by atoms with Gasteiger partial charge in [0.05, 0.1) is 11.3 Å². The van der Waals surface area contributed by atoms with Gasteiger partial charge in [0.25, 0.3) is 0 Å². The van der Waals surface area contributed by atoms with E-state index in [2.05, 4.69) is 29.1 Å². The topological polar surface area (TPSA) is 54.9 Å². The predicted molar refractivity (Wildman–Crippen MR) is 82.8 cm³/mol. The molecular weight excluding hydrogens is 270 g/mol. The second-order valence-corrected chi connectivity index (χ2v) is 5.53. The molecule has 0 aliphatic rings. The van der Waals surface area contributed by atoms with Gasteiger partial charge in [-0.05, 0) is 18.9 Å². The molecule has 0 atom stereocenters. The Morgan fingerprint density at radius 1 is 1.25 bits per heavy atom. The molecule has 0 aliphatic carbocycles. The van der Waals surface area contributed by atoms with Gasteiger partial charge in [-0.25, -0.2) is 9.97 Å². The molecule has 0 saturated heterocycles. The molecule has 2 rings (SSSR count). The van der Waals surface area contributed by atoms with Crippen LogP contribution in [-0.4, -0.2) is 27.7 Å². The third-order valence-corrected chi connectivity index (χ3v) is 4.20. The first-order valence-corrected chi connectivity index (χ1v) is 7.85. The first-order chi connectivity index (χ1) is 9.74. The molecule has 0 spiro atoms. The number of para-hydroxylation sites is 1. The Kier molecular flexibility index (Phi) is 5.35. The van der Waals surface area contributed by atoms with Crippen molar-refractivity contribution < 1.29 is 4.79 Å². The molecule has 0 saturated carbocycles. The number of carbonyl (C=O) groups is 1. The maximum atomic E-state index is 11.9. The van der Waals surface area contributed by atoms with Crippen LogP contribution in [0, 0.1) is 0 Å². The predicted octanol–water partition coefficient (Wildman–Crippen LogP) is 3.03. The Hall–Kier alpha value is -1.62. The summed E-state index contributed by atoms with van der Waals surface area (Å²) in [5.41, 5.74) is 0.908. The third kappa shape index (κ3) is 3.70. The molecule has 1 amide bonds. The molecule has 1 N–H and O–H groups in total. The van der Waals surface area contributed by atoms with Gasteiger partial charge >= 0.3 is 0 Å². The maximum Gasteiger partial charge on any atom is 0.230 e. The van der Waals surface area contributed by atoms with E-state index in [9.17, 15) is 4.79 Å². The number of rotatable bonds is 6. The van der Waals surface area contributed by atoms with Crippen molar-refractivity contribution in [3.63, 3.8) is 0 Å². The van der Waals surface area contributed by atoms with Gasteiger partial charge in [0, 0.05) is 11.4 Å². The van der Waals surface area contributed by atoms with Crippen molar-refractivity contribution in [2.75, 3.05) is 5.75 Å². The lowest BCUT2D eigenvalue weighted by atomic mass is 10.2. The van der Waals surface area contributed by atoms with Gasteiger partial charge in [-0.3, -0.25) is 4.79 Å². The van der Waals surface area contributed by atoms with Crippen LogP contribution >= 0.6 is 11.8 Å². The highest BCUT2D eigenvalue weighted by Gasteiger charge is 2.10. The molecular formula is C15H19N3OS. The van der Waals surface area contributed by atoms with E-state index in [0.717, 1.165) is 28.8 Å². The number of hydrogen-bond donors (Lipinski definition) is 1. The van der Waals surface area contributed by atoms with Crippen LogP contribution in [0.3, 0.4) is 0 Å². The van der Waals surface area contributed by atoms with E-state index in [1.807, 2.05) is 24.3 Å². The molecule has 1 heterocycles. The number of nitrogens with one attached hydrogen (secondary N) is 1. The van der Waals surface area contributed by atoms with Crippen LogP contribution in [0.15, 0.2) is 35.6 Å². The SMILES string of the molecule is CCC(CC)NC(=O)CSc1ncnc2ccccc12. The minimum Gasteiger partial charge on any atom is -0.353 e. The number of thioether (sulfide) groups is 1. The van der Waals surface area contributed by atoms with E-state index in [4.69, 9.17) is 0 Å². The van der Waals surface area contributed by atoms with E-state index in [1.165, 1.54) is 11.8 Å². The van der Waals surface area contributed by atoms with Crippen molar-refractivity contribution in [3.8, 4) is 0 Å². The van der Waals surface area contributed by atoms with E-state index in [0.29, 0.717) is 5.75 Å². The Bertz CT molecular complexity index is 579. The molecule has 2 aromatic rings. The molecule has 1 aromatic carbocycles. The zero-order chi connectivity index (χ0) is 14.4. The van der Waals surface area contributed by atoms with Crippen LogP contribution in [0.1, 0.15) is 26.7 Å². The fourth-order valence-electron chi connectivity index (χ4n) is 1.99. The number of nitrogens with zero attached hydrogens (tertiary/aromatic N) is 2. The lowest BCUT2D eigenvalue weighted by Crippen LogP contribution is -2.35. The summed E-state index contributed by atoms with van der Waals surface area (Å²) in [6.45, 7) is 4.17. The first-order valence-electron chi connectivity index (χ1n) is 6.86. The van der Waals surface area contributed by atoms with Crippen LogP contribution < -0.4 is 5.32 Å². The minimum absolute atomic E-state index is 0.0615. The van der Waals surface area contributed by atoms with Crippen LogP contribution in [0.5, 0.6) is 0 Å². The number of benzene rings is 1. The number of fused-ring (bicyclic) bond motifs is 1. The summed E-state index contributed by atoms with van der Waals surface area (Å²) in [6, 6.07) is 8.11. The molecule has 1 aromatic heterocycles. The highest BCUT2D eigenvalue weighted by Crippen LogP contribution is 2.23. The molecule has 5 heteroatoms. The highest BCUT2D eigenvalue weighted by molar-refractivity contribution is 8.00. The first kappa shape index (κ1) is 14.8. The summed E-state index contributed by atoms with van der Waals surface area (Å²) >= 11 is 1.46. The van der Waals surface area contributed by atoms with E-state index in [1.54, 1.807) is 6.33 Å². The summed E-state index contributed by atoms with van der Waals surface area (Å²) in [6.07, 6.45) is 3.47. The van der Waals surface area contributed by atoms with Crippen molar-refractivity contribution >= 4 is 28.6 Å². The lowest BCUT2D eigenvalue weighted by Gasteiger charge is -2.14. The summed E-state index contributed by atoms with van der Waals surface area (Å²) < 4.78 is 0. The standard InChI is InChI=1S/C15H19N3OS/c1-3-11(4-2)18-14(19)9-20-15-12-7-5-6-8-13(12)16-10-17-15/h5-8,10-11H,3-4,9H2,1-2H3,(H,18,19). The monoisotopic (exact) mass is 289 g/mol. The van der Waals surface area contributed by atoms with Gasteiger partial charge in [0.1, 0.15) is 11.4 Å². The summed E-state index contributed by atoms with van der Waals surface area (Å²) in [5, 5.41) is 4.88. The molecule has 4 nitrogen and oxygen atoms in total. The van der Waals surface area contributed by atoms with Gasteiger partial charge in [-0.1, -0.05) is 43.8 Å². The minimum atomic E-state index is 0.0615. The van der Waals surface area contributed by atoms with Crippen LogP contribution in [-0.2, 0) is 4.79 Å². The summed E-state index contributed by atoms with van der Waals surface area (Å²) in [7, 11) is 0. The highest BCUT2D eigenvalue weighted by atomic mass is 32.2. The smallest absolute Gasteiger partial charge is 0.230 e. The Balaban J connectivity index is 2.01. The fraction of sp³-hybridized carbons (Fsp3) is 0.400. The normalized spacial score (nSPS) is 10.9. The fourth-order valence-corrected chi connectivity index (χ4v) is 2.79. The van der Waals surface area contributed by atoms with Gasteiger partial charge < -0.3 is 5.32 Å². The van der Waals surface area contributed by atoms with Crippen molar-refractivity contribution in [1.29, 1.82) is 0 Å². The summed E-state index contributed by atoms with van der Waals surface area (Å²) in [5.74, 6) is 0.448. The lowest BCUT2D eigenvalue weighted by molar-refractivity contribution is -0.119. The van der Waals surface area contributed by atoms with E-state index in [-0.39, 0.29) is 11.9 Å². The average Bonchev–Trinajstić information content (AvgIpc) is 2.50. The van der Waals surface area contributed by atoms with Gasteiger partial charge in [0.2, 0.25) is 5.91 Å². The molecule has 0 bridgehead atoms. The van der Waals surface area contributed by atoms with Crippen molar-refractivity contribution in [3.05, 3.63) is 30.6 Å². The number of carbonyl (C=O) groups excluding carboxylic acids is 1. The Labute approximate surface area is 123 Å². The maximum absolute atomic E-state index is 11.9. The number of amides is 1. The Morgan fingerprint density at radius 3 is 2.75 bits per heavy atom. The van der Waals surface area contributed by atoms with E-state index < -0.39 is 0 Å². The number of aromatic nitrogens is 2. The zero-order valence-electron chi connectivity index (χ0n) is 11.8. The number of hydrogen-bond acceptors (Lipinski definition) is 4. The van der Waals surface area contributed by atoms with Crippen LogP contribution in [0.25, 0.3) is 10.9 Å². The largest absolute Gasteiger partial charge is 0.353 e. The van der Waals surface area contributed by atoms with Gasteiger partial charge in [-0.15, -0.1) is 0 Å². The second kappa shape index (κ2) is 7.24. The van der Waals surface area contributed by atoms with Crippen LogP contribution in [0.4, 0.5) is 0 Å². The molecule has 0 aliphatic heterocycles. The molecule has 106 valence electrons. The second-order valence-electron chi connectivity index (χ2n) is 4.57. The molecule has 20 heavy (non-hydrogen) atoms. The summed E-state index contributed by atoms with van der Waals surface area (Å²) in [4.78, 5) is 20.4. The molecule has 0 fully saturated rings. The third-order valence-electron chi connectivity index (χ3n) is 3.20. The quantitative estimate of drug-likeness (QED) is 0.656. The Morgan fingerprint density at radius 2 is 2.00 bits per heavy atom. The van der Waals surface area contributed by atoms with Crippen molar-refractivity contribution in [2.45, 2.75) is 37.8 Å². The van der Waals surface area contributed by atoms with Crippen molar-refractivity contribution in [2.24, 2.45) is 0 Å². The molecule has 0 radical (unpaired) electrons. The molecule has 0 unspecified atom stereocenters. The van der Waals surface area contributed by atoms with E-state index >= 15 is 0 Å². The van der Waals surface area contributed by atoms with Crippen LogP contribution in [0.2, 0.25) is 0 Å². The zero-order valence-corrected chi connectivity index (χ0v) is 12.6.